The number of hydrogen-bond acceptors (Lipinski definition) is 4. The number of rotatable bonds is 7. The Balaban J connectivity index is 1.57. The molecule has 4 N–H and O–H groups in total. The number of benzene rings is 1. The molecule has 2 aromatic rings. The fourth-order valence-electron chi connectivity index (χ4n) is 5.63. The topological polar surface area (TPSA) is 123 Å². The van der Waals surface area contributed by atoms with Gasteiger partial charge >= 0.3 is 0 Å². The molecule has 0 saturated heterocycles. The number of carbonyl (C=O) groups is 3. The standard InChI is InChI=1S/C30H40N4O4/c1-30(2,29(38)32-23-16-14-21(15-17-23)26(31)35)33-27(36)24-18-22-12-8-3-4-9-13-25(22)34(28(24)37)19-20-10-6-5-7-11-20/h14-18,20H,3-13,19H2,1-2H3,(H2,31,35)(H,32,38)(H,33,36). The molecule has 1 saturated carbocycles. The van der Waals surface area contributed by atoms with Crippen LogP contribution in [0.3, 0.4) is 0 Å². The van der Waals surface area contributed by atoms with Crippen LogP contribution < -0.4 is 21.9 Å². The van der Waals surface area contributed by atoms with Crippen LogP contribution >= 0.6 is 0 Å². The molecule has 0 aliphatic heterocycles. The second-order valence-corrected chi connectivity index (χ2v) is 11.3. The Morgan fingerprint density at radius 3 is 2.24 bits per heavy atom. The highest BCUT2D eigenvalue weighted by Gasteiger charge is 2.32. The number of pyridine rings is 1. The Bertz CT molecular complexity index is 1240. The molecule has 8 heteroatoms. The molecular weight excluding hydrogens is 480 g/mol. The van der Waals surface area contributed by atoms with Crippen molar-refractivity contribution in [2.24, 2.45) is 11.7 Å². The summed E-state index contributed by atoms with van der Waals surface area (Å²) < 4.78 is 1.89. The van der Waals surface area contributed by atoms with Crippen LogP contribution in [0.1, 0.15) is 104 Å². The van der Waals surface area contributed by atoms with Crippen molar-refractivity contribution in [1.82, 2.24) is 9.88 Å². The number of carbonyl (C=O) groups excluding carboxylic acids is 3. The average Bonchev–Trinajstić information content (AvgIpc) is 2.87. The number of nitrogens with zero attached hydrogens (tertiary/aromatic N) is 1. The van der Waals surface area contributed by atoms with Crippen molar-refractivity contribution in [3.8, 4) is 0 Å². The number of aryl methyl sites for hydroxylation is 1. The lowest BCUT2D eigenvalue weighted by Gasteiger charge is -2.28. The summed E-state index contributed by atoms with van der Waals surface area (Å²) in [6.07, 6.45) is 12.0. The van der Waals surface area contributed by atoms with Crippen molar-refractivity contribution in [3.05, 3.63) is 63.1 Å². The largest absolute Gasteiger partial charge is 0.366 e. The molecule has 2 aliphatic carbocycles. The maximum atomic E-state index is 13.8. The van der Waals surface area contributed by atoms with E-state index in [0.717, 1.165) is 62.6 Å². The van der Waals surface area contributed by atoms with Crippen molar-refractivity contribution in [2.45, 2.75) is 96.6 Å². The quantitative estimate of drug-likeness (QED) is 0.503. The Morgan fingerprint density at radius 2 is 1.58 bits per heavy atom. The lowest BCUT2D eigenvalue weighted by atomic mass is 9.88. The molecule has 3 amide bonds. The molecule has 4 rings (SSSR count). The fourth-order valence-corrected chi connectivity index (χ4v) is 5.63. The van der Waals surface area contributed by atoms with E-state index < -0.39 is 23.3 Å². The summed E-state index contributed by atoms with van der Waals surface area (Å²) in [5.41, 5.74) is 6.81. The van der Waals surface area contributed by atoms with Gasteiger partial charge in [-0.25, -0.2) is 0 Å². The van der Waals surface area contributed by atoms with Crippen molar-refractivity contribution < 1.29 is 14.4 Å². The summed E-state index contributed by atoms with van der Waals surface area (Å²) in [5.74, 6) is -1.08. The molecule has 0 unspecified atom stereocenters. The number of fused-ring (bicyclic) bond motifs is 1. The first kappa shape index (κ1) is 27.6. The number of amides is 3. The SMILES string of the molecule is CC(C)(NC(=O)c1cc2c(n(CC3CCCCC3)c1=O)CCCCCC2)C(=O)Nc1ccc(C(N)=O)cc1. The Morgan fingerprint density at radius 1 is 0.947 bits per heavy atom. The molecule has 8 nitrogen and oxygen atoms in total. The maximum Gasteiger partial charge on any atom is 0.263 e. The van der Waals surface area contributed by atoms with Crippen LogP contribution in [0.25, 0.3) is 0 Å². The molecule has 1 aromatic heterocycles. The van der Waals surface area contributed by atoms with E-state index >= 15 is 0 Å². The van der Waals surface area contributed by atoms with Crippen LogP contribution in [0.2, 0.25) is 0 Å². The van der Waals surface area contributed by atoms with E-state index in [9.17, 15) is 19.2 Å². The van der Waals surface area contributed by atoms with Crippen LogP contribution in [-0.2, 0) is 24.2 Å². The van der Waals surface area contributed by atoms with E-state index in [2.05, 4.69) is 10.6 Å². The summed E-state index contributed by atoms with van der Waals surface area (Å²) in [7, 11) is 0. The van der Waals surface area contributed by atoms with Crippen LogP contribution in [0.15, 0.2) is 35.1 Å². The second-order valence-electron chi connectivity index (χ2n) is 11.3. The lowest BCUT2D eigenvalue weighted by Crippen LogP contribution is -2.53. The van der Waals surface area contributed by atoms with Gasteiger partial charge in [-0.2, -0.15) is 0 Å². The zero-order chi connectivity index (χ0) is 27.3. The van der Waals surface area contributed by atoms with Crippen LogP contribution in [0.4, 0.5) is 5.69 Å². The number of hydrogen-bond donors (Lipinski definition) is 3. The molecule has 0 bridgehead atoms. The van der Waals surface area contributed by atoms with E-state index in [4.69, 9.17) is 5.73 Å². The predicted molar refractivity (Wildman–Crippen MR) is 148 cm³/mol. The van der Waals surface area contributed by atoms with Crippen LogP contribution in [0, 0.1) is 5.92 Å². The minimum absolute atomic E-state index is 0.104. The monoisotopic (exact) mass is 520 g/mol. The third-order valence-corrected chi connectivity index (χ3v) is 7.93. The number of primary amides is 1. The Hall–Kier alpha value is -3.42. The molecule has 0 atom stereocenters. The number of anilines is 1. The summed E-state index contributed by atoms with van der Waals surface area (Å²) in [5, 5.41) is 5.55. The third kappa shape index (κ3) is 6.52. The van der Waals surface area contributed by atoms with Crippen molar-refractivity contribution in [2.75, 3.05) is 5.32 Å². The minimum Gasteiger partial charge on any atom is -0.366 e. The Kier molecular flexibility index (Phi) is 8.69. The summed E-state index contributed by atoms with van der Waals surface area (Å²) in [6.45, 7) is 3.87. The van der Waals surface area contributed by atoms with Crippen molar-refractivity contribution >= 4 is 23.4 Å². The number of nitrogens with one attached hydrogen (secondary N) is 2. The van der Waals surface area contributed by atoms with E-state index in [1.165, 1.54) is 31.4 Å². The first-order valence-electron chi connectivity index (χ1n) is 13.9. The van der Waals surface area contributed by atoms with E-state index in [0.29, 0.717) is 23.7 Å². The van der Waals surface area contributed by atoms with Crippen LogP contribution in [0.5, 0.6) is 0 Å². The molecule has 1 aromatic carbocycles. The van der Waals surface area contributed by atoms with Gasteiger partial charge in [-0.15, -0.1) is 0 Å². The molecule has 2 aliphatic rings. The number of aromatic nitrogens is 1. The van der Waals surface area contributed by atoms with Gasteiger partial charge in [0, 0.05) is 23.5 Å². The molecule has 38 heavy (non-hydrogen) atoms. The third-order valence-electron chi connectivity index (χ3n) is 7.93. The van der Waals surface area contributed by atoms with Gasteiger partial charge < -0.3 is 20.9 Å². The summed E-state index contributed by atoms with van der Waals surface area (Å²) in [6, 6.07) is 7.97. The van der Waals surface area contributed by atoms with Crippen molar-refractivity contribution in [3.63, 3.8) is 0 Å². The Labute approximate surface area is 224 Å². The van der Waals surface area contributed by atoms with E-state index in [1.54, 1.807) is 32.0 Å². The number of nitrogens with two attached hydrogens (primary N) is 1. The van der Waals surface area contributed by atoms with Gasteiger partial charge in [0.15, 0.2) is 0 Å². The summed E-state index contributed by atoms with van der Waals surface area (Å²) in [4.78, 5) is 51.6. The smallest absolute Gasteiger partial charge is 0.263 e. The van der Waals surface area contributed by atoms with Gasteiger partial charge in [0.2, 0.25) is 11.8 Å². The first-order chi connectivity index (χ1) is 18.2. The van der Waals surface area contributed by atoms with Gasteiger partial charge in [0.05, 0.1) is 0 Å². The highest BCUT2D eigenvalue weighted by atomic mass is 16.2. The fraction of sp³-hybridized carbons (Fsp3) is 0.533. The van der Waals surface area contributed by atoms with Gasteiger partial charge in [0.25, 0.3) is 11.5 Å². The van der Waals surface area contributed by atoms with Crippen molar-refractivity contribution in [1.29, 1.82) is 0 Å². The van der Waals surface area contributed by atoms with Gasteiger partial charge in [-0.3, -0.25) is 19.2 Å². The van der Waals surface area contributed by atoms with Gasteiger partial charge in [-0.05, 0) is 94.2 Å². The molecular formula is C30H40N4O4. The first-order valence-corrected chi connectivity index (χ1v) is 13.9. The van der Waals surface area contributed by atoms with Gasteiger partial charge in [-0.1, -0.05) is 32.1 Å². The highest BCUT2D eigenvalue weighted by molar-refractivity contribution is 6.03. The molecule has 1 fully saturated rings. The molecule has 0 radical (unpaired) electrons. The predicted octanol–water partition coefficient (Wildman–Crippen LogP) is 4.33. The molecule has 204 valence electrons. The van der Waals surface area contributed by atoms with Gasteiger partial charge in [0.1, 0.15) is 11.1 Å². The minimum atomic E-state index is -1.29. The average molecular weight is 521 g/mol. The highest BCUT2D eigenvalue weighted by Crippen LogP contribution is 2.27. The second kappa shape index (κ2) is 12.0. The molecule has 1 heterocycles. The summed E-state index contributed by atoms with van der Waals surface area (Å²) >= 11 is 0. The van der Waals surface area contributed by atoms with E-state index in [-0.39, 0.29) is 11.1 Å². The zero-order valence-corrected chi connectivity index (χ0v) is 22.6. The normalized spacial score (nSPS) is 16.6. The lowest BCUT2D eigenvalue weighted by molar-refractivity contribution is -0.120. The molecule has 0 spiro atoms. The maximum absolute atomic E-state index is 13.8. The zero-order valence-electron chi connectivity index (χ0n) is 22.6. The van der Waals surface area contributed by atoms with Crippen LogP contribution in [-0.4, -0.2) is 27.8 Å². The van der Waals surface area contributed by atoms with E-state index in [1.807, 2.05) is 4.57 Å².